The summed E-state index contributed by atoms with van der Waals surface area (Å²) >= 11 is 0. The molecule has 5 nitrogen and oxygen atoms in total. The number of nitrogens with zero attached hydrogens (tertiary/aromatic N) is 2. The Hall–Kier alpha value is -1.78. The lowest BCUT2D eigenvalue weighted by molar-refractivity contribution is 0.156. The van der Waals surface area contributed by atoms with Crippen molar-refractivity contribution in [3.63, 3.8) is 0 Å². The van der Waals surface area contributed by atoms with E-state index in [0.29, 0.717) is 23.4 Å². The minimum atomic E-state index is -0.0790. The van der Waals surface area contributed by atoms with Crippen molar-refractivity contribution in [2.45, 2.75) is 20.3 Å². The van der Waals surface area contributed by atoms with Gasteiger partial charge in [0.1, 0.15) is 5.69 Å². The van der Waals surface area contributed by atoms with Crippen LogP contribution in [0.15, 0.2) is 18.3 Å². The number of hydrogen-bond acceptors (Lipinski definition) is 3. The first-order valence-corrected chi connectivity index (χ1v) is 6.65. The van der Waals surface area contributed by atoms with Crippen LogP contribution in [0.25, 0.3) is 0 Å². The molecule has 1 aromatic rings. The van der Waals surface area contributed by atoms with Gasteiger partial charge in [-0.3, -0.25) is 0 Å². The van der Waals surface area contributed by atoms with E-state index in [1.807, 2.05) is 4.90 Å². The number of carbonyl (C=O) groups excluding carboxylic acids is 1. The highest BCUT2D eigenvalue weighted by atomic mass is 16.5. The molecule has 2 rings (SSSR count). The molecule has 1 fully saturated rings. The Bertz CT molecular complexity index is 440. The summed E-state index contributed by atoms with van der Waals surface area (Å²) in [5.41, 5.74) is 0.612. The Balaban J connectivity index is 2.04. The molecular formula is C14H21N3O2. The van der Waals surface area contributed by atoms with Crippen LogP contribution in [0.3, 0.4) is 0 Å². The summed E-state index contributed by atoms with van der Waals surface area (Å²) in [7, 11) is 1.54. The van der Waals surface area contributed by atoms with Crippen LogP contribution in [-0.4, -0.2) is 36.1 Å². The first kappa shape index (κ1) is 13.6. The van der Waals surface area contributed by atoms with Crippen molar-refractivity contribution in [2.75, 3.05) is 25.5 Å². The van der Waals surface area contributed by atoms with Gasteiger partial charge in [-0.2, -0.15) is 0 Å². The van der Waals surface area contributed by atoms with Crippen LogP contribution in [0.2, 0.25) is 0 Å². The van der Waals surface area contributed by atoms with E-state index in [1.54, 1.807) is 25.4 Å². The smallest absolute Gasteiger partial charge is 0.322 e. The van der Waals surface area contributed by atoms with Crippen molar-refractivity contribution in [1.82, 2.24) is 9.88 Å². The van der Waals surface area contributed by atoms with Crippen LogP contribution < -0.4 is 10.1 Å². The van der Waals surface area contributed by atoms with Crippen molar-refractivity contribution < 1.29 is 9.53 Å². The van der Waals surface area contributed by atoms with E-state index in [4.69, 9.17) is 4.74 Å². The molecular weight excluding hydrogens is 242 g/mol. The third kappa shape index (κ3) is 3.36. The Morgan fingerprint density at radius 3 is 2.74 bits per heavy atom. The van der Waals surface area contributed by atoms with E-state index in [1.165, 1.54) is 6.42 Å². The van der Waals surface area contributed by atoms with Crippen LogP contribution in [0.1, 0.15) is 20.3 Å². The first-order chi connectivity index (χ1) is 9.10. The summed E-state index contributed by atoms with van der Waals surface area (Å²) in [4.78, 5) is 18.2. The summed E-state index contributed by atoms with van der Waals surface area (Å²) in [6.07, 6.45) is 2.82. The second-order valence-corrected chi connectivity index (χ2v) is 5.34. The van der Waals surface area contributed by atoms with Crippen molar-refractivity contribution in [3.8, 4) is 5.88 Å². The predicted octanol–water partition coefficient (Wildman–Crippen LogP) is 2.60. The van der Waals surface area contributed by atoms with Crippen LogP contribution in [0, 0.1) is 11.8 Å². The lowest BCUT2D eigenvalue weighted by Gasteiger charge is -2.34. The van der Waals surface area contributed by atoms with E-state index >= 15 is 0 Å². The minimum absolute atomic E-state index is 0.0790. The molecule has 2 amide bonds. The summed E-state index contributed by atoms with van der Waals surface area (Å²) in [6.45, 7) is 5.97. The van der Waals surface area contributed by atoms with Gasteiger partial charge >= 0.3 is 6.03 Å². The summed E-state index contributed by atoms with van der Waals surface area (Å²) in [6, 6.07) is 3.49. The molecule has 0 radical (unpaired) electrons. The van der Waals surface area contributed by atoms with E-state index in [9.17, 15) is 4.79 Å². The summed E-state index contributed by atoms with van der Waals surface area (Å²) < 4.78 is 5.13. The molecule has 0 aromatic carbocycles. The van der Waals surface area contributed by atoms with Gasteiger partial charge in [0.25, 0.3) is 0 Å². The van der Waals surface area contributed by atoms with Crippen molar-refractivity contribution in [1.29, 1.82) is 0 Å². The van der Waals surface area contributed by atoms with Crippen LogP contribution in [-0.2, 0) is 0 Å². The average molecular weight is 263 g/mol. The number of likely N-dealkylation sites (tertiary alicyclic amines) is 1. The molecule has 1 aliphatic rings. The SMILES string of the molecule is COc1ncccc1NC(=O)N1CC(C)CC(C)C1. The highest BCUT2D eigenvalue weighted by Gasteiger charge is 2.25. The molecule has 1 aliphatic heterocycles. The summed E-state index contributed by atoms with van der Waals surface area (Å²) in [5, 5.41) is 2.87. The second-order valence-electron chi connectivity index (χ2n) is 5.34. The normalized spacial score (nSPS) is 23.0. The van der Waals surface area contributed by atoms with Crippen molar-refractivity contribution in [2.24, 2.45) is 11.8 Å². The fourth-order valence-corrected chi connectivity index (χ4v) is 2.67. The van der Waals surface area contributed by atoms with Crippen LogP contribution in [0.5, 0.6) is 5.88 Å². The number of ether oxygens (including phenoxy) is 1. The van der Waals surface area contributed by atoms with Crippen molar-refractivity contribution >= 4 is 11.7 Å². The zero-order valence-electron chi connectivity index (χ0n) is 11.7. The lowest BCUT2D eigenvalue weighted by atomic mass is 9.92. The van der Waals surface area contributed by atoms with Gasteiger partial charge in [0.2, 0.25) is 5.88 Å². The Kier molecular flexibility index (Phi) is 4.24. The molecule has 5 heteroatoms. The highest BCUT2D eigenvalue weighted by Crippen LogP contribution is 2.24. The minimum Gasteiger partial charge on any atom is -0.480 e. The lowest BCUT2D eigenvalue weighted by Crippen LogP contribution is -2.44. The van der Waals surface area contributed by atoms with Gasteiger partial charge in [0.15, 0.2) is 0 Å². The Morgan fingerprint density at radius 1 is 1.42 bits per heavy atom. The molecule has 2 atom stereocenters. The fraction of sp³-hybridized carbons (Fsp3) is 0.571. The first-order valence-electron chi connectivity index (χ1n) is 6.65. The Labute approximate surface area is 114 Å². The third-order valence-electron chi connectivity index (χ3n) is 3.36. The largest absolute Gasteiger partial charge is 0.480 e. The van der Waals surface area contributed by atoms with Gasteiger partial charge in [-0.1, -0.05) is 13.8 Å². The van der Waals surface area contributed by atoms with Gasteiger partial charge in [0, 0.05) is 19.3 Å². The molecule has 1 aromatic heterocycles. The second kappa shape index (κ2) is 5.91. The zero-order valence-corrected chi connectivity index (χ0v) is 11.7. The molecule has 1 N–H and O–H groups in total. The van der Waals surface area contributed by atoms with E-state index in [0.717, 1.165) is 13.1 Å². The third-order valence-corrected chi connectivity index (χ3v) is 3.36. The fourth-order valence-electron chi connectivity index (χ4n) is 2.67. The number of carbonyl (C=O) groups is 1. The maximum absolute atomic E-state index is 12.3. The van der Waals surface area contributed by atoms with E-state index in [-0.39, 0.29) is 6.03 Å². The van der Waals surface area contributed by atoms with Crippen LogP contribution in [0.4, 0.5) is 10.5 Å². The Morgan fingerprint density at radius 2 is 2.11 bits per heavy atom. The number of pyridine rings is 1. The number of nitrogens with one attached hydrogen (secondary N) is 1. The standard InChI is InChI=1S/C14H21N3O2/c1-10-7-11(2)9-17(8-10)14(18)16-12-5-4-6-15-13(12)19-3/h4-6,10-11H,7-9H2,1-3H3,(H,16,18). The van der Waals surface area contributed by atoms with Gasteiger partial charge < -0.3 is 15.0 Å². The zero-order chi connectivity index (χ0) is 13.8. The molecule has 0 bridgehead atoms. The van der Waals surface area contributed by atoms with Crippen LogP contribution >= 0.6 is 0 Å². The number of urea groups is 1. The predicted molar refractivity (Wildman–Crippen MR) is 74.3 cm³/mol. The molecule has 104 valence electrons. The van der Waals surface area contributed by atoms with Gasteiger partial charge in [-0.15, -0.1) is 0 Å². The number of piperidine rings is 1. The number of methoxy groups -OCH3 is 1. The summed E-state index contributed by atoms with van der Waals surface area (Å²) in [5.74, 6) is 1.53. The maximum Gasteiger partial charge on any atom is 0.322 e. The number of hydrogen-bond donors (Lipinski definition) is 1. The number of aromatic nitrogens is 1. The van der Waals surface area contributed by atoms with Gasteiger partial charge in [-0.05, 0) is 30.4 Å². The monoisotopic (exact) mass is 263 g/mol. The molecule has 2 unspecified atom stereocenters. The van der Waals surface area contributed by atoms with Gasteiger partial charge in [-0.25, -0.2) is 9.78 Å². The van der Waals surface area contributed by atoms with Gasteiger partial charge in [0.05, 0.1) is 7.11 Å². The maximum atomic E-state index is 12.3. The van der Waals surface area contributed by atoms with E-state index < -0.39 is 0 Å². The average Bonchev–Trinajstić information content (AvgIpc) is 2.38. The molecule has 0 saturated carbocycles. The molecule has 0 aliphatic carbocycles. The number of anilines is 1. The topological polar surface area (TPSA) is 54.5 Å². The highest BCUT2D eigenvalue weighted by molar-refractivity contribution is 5.90. The number of amides is 2. The molecule has 1 saturated heterocycles. The van der Waals surface area contributed by atoms with Crippen molar-refractivity contribution in [3.05, 3.63) is 18.3 Å². The number of rotatable bonds is 2. The molecule has 2 heterocycles. The quantitative estimate of drug-likeness (QED) is 0.892. The molecule has 0 spiro atoms. The molecule has 19 heavy (non-hydrogen) atoms. The van der Waals surface area contributed by atoms with E-state index in [2.05, 4.69) is 24.1 Å².